The first-order valence-electron chi connectivity index (χ1n) is 7.07. The summed E-state index contributed by atoms with van der Waals surface area (Å²) in [5.41, 5.74) is 0.410. The molecule has 1 aromatic rings. The van der Waals surface area contributed by atoms with Crippen molar-refractivity contribution >= 4 is 23.4 Å². The number of rotatable bonds is 4. The summed E-state index contributed by atoms with van der Waals surface area (Å²) in [6.07, 6.45) is 2.97. The maximum absolute atomic E-state index is 11.9. The zero-order valence-electron chi connectivity index (χ0n) is 11.6. The number of amides is 2. The van der Waals surface area contributed by atoms with Crippen LogP contribution in [0.25, 0.3) is 0 Å². The van der Waals surface area contributed by atoms with E-state index in [9.17, 15) is 14.7 Å². The van der Waals surface area contributed by atoms with E-state index in [1.165, 1.54) is 0 Å². The molecule has 2 atom stereocenters. The fourth-order valence-corrected chi connectivity index (χ4v) is 2.62. The number of benzene rings is 1. The minimum atomic E-state index is -0.494. The number of halogens is 1. The largest absolute Gasteiger partial charge is 0.391 e. The molecular weight excluding hydrogens is 292 g/mol. The number of nitrogens with one attached hydrogen (secondary N) is 2. The third kappa shape index (κ3) is 4.72. The van der Waals surface area contributed by atoms with Crippen LogP contribution in [0.15, 0.2) is 24.3 Å². The van der Waals surface area contributed by atoms with Gasteiger partial charge in [0.15, 0.2) is 0 Å². The Morgan fingerprint density at radius 2 is 2.05 bits per heavy atom. The standard InChI is InChI=1S/C15H19ClN2O3/c16-11-5-3-4-10(8-11)15(21)17-9-14(20)18-12-6-1-2-7-13(12)19/h3-5,8,12-13,19H,1-2,6-7,9H2,(H,17,21)(H,18,20)/t12-,13-/m1/s1. The first kappa shape index (κ1) is 15.8. The molecule has 2 amide bonds. The van der Waals surface area contributed by atoms with Gasteiger partial charge in [0.1, 0.15) is 0 Å². The molecule has 3 N–H and O–H groups in total. The monoisotopic (exact) mass is 310 g/mol. The summed E-state index contributed by atoms with van der Waals surface area (Å²) in [6.45, 7) is -0.117. The fraction of sp³-hybridized carbons (Fsp3) is 0.467. The summed E-state index contributed by atoms with van der Waals surface area (Å²) >= 11 is 5.81. The third-order valence-electron chi connectivity index (χ3n) is 3.57. The zero-order chi connectivity index (χ0) is 15.2. The number of hydrogen-bond acceptors (Lipinski definition) is 3. The van der Waals surface area contributed by atoms with Gasteiger partial charge in [-0.1, -0.05) is 30.5 Å². The van der Waals surface area contributed by atoms with Crippen LogP contribution in [0, 0.1) is 0 Å². The normalized spacial score (nSPS) is 21.6. The van der Waals surface area contributed by atoms with Crippen molar-refractivity contribution < 1.29 is 14.7 Å². The van der Waals surface area contributed by atoms with E-state index in [-0.39, 0.29) is 24.4 Å². The van der Waals surface area contributed by atoms with Crippen LogP contribution in [0.3, 0.4) is 0 Å². The van der Waals surface area contributed by atoms with E-state index in [4.69, 9.17) is 11.6 Å². The molecule has 0 aliphatic heterocycles. The number of carbonyl (C=O) groups excluding carboxylic acids is 2. The Labute approximate surface area is 128 Å². The lowest BCUT2D eigenvalue weighted by Crippen LogP contribution is -2.48. The number of aliphatic hydroxyl groups is 1. The van der Waals surface area contributed by atoms with Gasteiger partial charge in [-0.25, -0.2) is 0 Å². The molecule has 5 nitrogen and oxygen atoms in total. The molecule has 0 spiro atoms. The molecule has 0 aromatic heterocycles. The Bertz CT molecular complexity index is 521. The van der Waals surface area contributed by atoms with E-state index in [2.05, 4.69) is 10.6 Å². The Hall–Kier alpha value is -1.59. The average Bonchev–Trinajstić information content (AvgIpc) is 2.47. The van der Waals surface area contributed by atoms with Crippen molar-refractivity contribution in [2.45, 2.75) is 37.8 Å². The number of hydrogen-bond donors (Lipinski definition) is 3. The van der Waals surface area contributed by atoms with Gasteiger partial charge in [-0.05, 0) is 31.0 Å². The van der Waals surface area contributed by atoms with Gasteiger partial charge >= 0.3 is 0 Å². The molecule has 1 aromatic carbocycles. The summed E-state index contributed by atoms with van der Waals surface area (Å²) in [5, 5.41) is 15.6. The Morgan fingerprint density at radius 1 is 1.29 bits per heavy atom. The van der Waals surface area contributed by atoms with Gasteiger partial charge in [-0.15, -0.1) is 0 Å². The maximum Gasteiger partial charge on any atom is 0.251 e. The van der Waals surface area contributed by atoms with Crippen molar-refractivity contribution in [3.63, 3.8) is 0 Å². The van der Waals surface area contributed by atoms with Crippen LogP contribution < -0.4 is 10.6 Å². The molecule has 1 aliphatic rings. The highest BCUT2D eigenvalue weighted by atomic mass is 35.5. The summed E-state index contributed by atoms with van der Waals surface area (Å²) in [4.78, 5) is 23.7. The summed E-state index contributed by atoms with van der Waals surface area (Å²) in [7, 11) is 0. The molecule has 0 saturated heterocycles. The van der Waals surface area contributed by atoms with E-state index >= 15 is 0 Å². The molecule has 1 aliphatic carbocycles. The third-order valence-corrected chi connectivity index (χ3v) is 3.81. The lowest BCUT2D eigenvalue weighted by Gasteiger charge is -2.28. The number of carbonyl (C=O) groups is 2. The van der Waals surface area contributed by atoms with Crippen molar-refractivity contribution in [2.75, 3.05) is 6.54 Å². The van der Waals surface area contributed by atoms with E-state index in [0.717, 1.165) is 19.3 Å². The Morgan fingerprint density at radius 3 is 2.76 bits per heavy atom. The van der Waals surface area contributed by atoms with Crippen LogP contribution in [0.4, 0.5) is 0 Å². The molecule has 0 heterocycles. The van der Waals surface area contributed by atoms with Crippen LogP contribution in [0.2, 0.25) is 5.02 Å². The maximum atomic E-state index is 11.9. The van der Waals surface area contributed by atoms with Crippen molar-refractivity contribution in [1.82, 2.24) is 10.6 Å². The highest BCUT2D eigenvalue weighted by molar-refractivity contribution is 6.30. The Kier molecular flexibility index (Phi) is 5.59. The van der Waals surface area contributed by atoms with Gasteiger partial charge in [0, 0.05) is 10.6 Å². The molecule has 1 fully saturated rings. The molecule has 0 bridgehead atoms. The van der Waals surface area contributed by atoms with E-state index in [1.54, 1.807) is 24.3 Å². The second-order valence-corrected chi connectivity index (χ2v) is 5.66. The van der Waals surface area contributed by atoms with Crippen LogP contribution in [-0.4, -0.2) is 35.6 Å². The van der Waals surface area contributed by atoms with E-state index in [0.29, 0.717) is 17.0 Å². The second kappa shape index (κ2) is 7.43. The fourth-order valence-electron chi connectivity index (χ4n) is 2.43. The van der Waals surface area contributed by atoms with Gasteiger partial charge in [0.2, 0.25) is 5.91 Å². The van der Waals surface area contributed by atoms with Crippen molar-refractivity contribution in [3.05, 3.63) is 34.9 Å². The summed E-state index contributed by atoms with van der Waals surface area (Å²) in [6, 6.07) is 6.31. The van der Waals surface area contributed by atoms with Crippen LogP contribution in [0.5, 0.6) is 0 Å². The van der Waals surface area contributed by atoms with E-state index in [1.807, 2.05) is 0 Å². The molecule has 1 saturated carbocycles. The smallest absolute Gasteiger partial charge is 0.251 e. The van der Waals surface area contributed by atoms with Crippen molar-refractivity contribution in [1.29, 1.82) is 0 Å². The molecule has 21 heavy (non-hydrogen) atoms. The van der Waals surface area contributed by atoms with Gasteiger partial charge in [-0.2, -0.15) is 0 Å². The predicted octanol–water partition coefficient (Wildman–Crippen LogP) is 1.49. The molecule has 2 rings (SSSR count). The van der Waals surface area contributed by atoms with Crippen LogP contribution in [0.1, 0.15) is 36.0 Å². The second-order valence-electron chi connectivity index (χ2n) is 5.22. The summed E-state index contributed by atoms with van der Waals surface area (Å²) in [5.74, 6) is -0.645. The average molecular weight is 311 g/mol. The zero-order valence-corrected chi connectivity index (χ0v) is 12.4. The first-order valence-corrected chi connectivity index (χ1v) is 7.45. The molecule has 0 unspecified atom stereocenters. The van der Waals surface area contributed by atoms with Crippen molar-refractivity contribution in [2.24, 2.45) is 0 Å². The minimum Gasteiger partial charge on any atom is -0.391 e. The van der Waals surface area contributed by atoms with Gasteiger partial charge in [0.25, 0.3) is 5.91 Å². The SMILES string of the molecule is O=C(CNC(=O)c1cccc(Cl)c1)N[C@@H]1CCCC[C@H]1O. The van der Waals surface area contributed by atoms with Gasteiger partial charge < -0.3 is 15.7 Å². The lowest BCUT2D eigenvalue weighted by atomic mass is 9.92. The molecule has 114 valence electrons. The highest BCUT2D eigenvalue weighted by Crippen LogP contribution is 2.18. The molecular formula is C15H19ClN2O3. The lowest BCUT2D eigenvalue weighted by molar-refractivity contribution is -0.122. The van der Waals surface area contributed by atoms with Crippen LogP contribution in [-0.2, 0) is 4.79 Å². The first-order chi connectivity index (χ1) is 10.1. The van der Waals surface area contributed by atoms with Gasteiger partial charge in [-0.3, -0.25) is 9.59 Å². The van der Waals surface area contributed by atoms with E-state index < -0.39 is 6.10 Å². The minimum absolute atomic E-state index is 0.117. The number of aliphatic hydroxyl groups excluding tert-OH is 1. The summed E-state index contributed by atoms with van der Waals surface area (Å²) < 4.78 is 0. The van der Waals surface area contributed by atoms with Gasteiger partial charge in [0.05, 0.1) is 18.7 Å². The highest BCUT2D eigenvalue weighted by Gasteiger charge is 2.24. The molecule has 6 heteroatoms. The topological polar surface area (TPSA) is 78.4 Å². The predicted molar refractivity (Wildman–Crippen MR) is 80.2 cm³/mol. The van der Waals surface area contributed by atoms with Crippen LogP contribution >= 0.6 is 11.6 Å². The Balaban J connectivity index is 1.79. The molecule has 0 radical (unpaired) electrons. The van der Waals surface area contributed by atoms with Crippen molar-refractivity contribution in [3.8, 4) is 0 Å². The quantitative estimate of drug-likeness (QED) is 0.788.